The standard InChI is InChI=1S/2ClO3.Pb.2H/c2*2-1(3)4;;;/q2*-1;+2;;. The molecule has 0 aliphatic heterocycles. The van der Waals surface area contributed by atoms with Gasteiger partial charge in [0.25, 0.3) is 0 Å². The van der Waals surface area contributed by atoms with Crippen LogP contribution in [0.2, 0.25) is 0 Å². The first kappa shape index (κ1) is 16.7. The van der Waals surface area contributed by atoms with Gasteiger partial charge in [-0.1, -0.05) is 0 Å². The molecule has 0 fully saturated rings. The summed E-state index contributed by atoms with van der Waals surface area (Å²) in [6.45, 7) is 0. The maximum atomic E-state index is 8.41. The number of hydrogen-bond acceptors (Lipinski definition) is 6. The molecule has 6 nitrogen and oxygen atoms in total. The van der Waals surface area contributed by atoms with Crippen molar-refractivity contribution in [1.82, 2.24) is 0 Å². The van der Waals surface area contributed by atoms with Crippen LogP contribution in [0.15, 0.2) is 0 Å². The molecule has 0 radical (unpaired) electrons. The molecule has 0 N–H and O–H groups in total. The molecule has 0 aliphatic carbocycles. The molecule has 0 saturated heterocycles. The number of rotatable bonds is 0. The van der Waals surface area contributed by atoms with Crippen LogP contribution in [0.3, 0.4) is 0 Å². The fourth-order valence-electron chi connectivity index (χ4n) is 0. The fraction of sp³-hybridized carbons (Fsp3) is 0. The van der Waals surface area contributed by atoms with Gasteiger partial charge in [-0.15, -0.1) is 0 Å². The predicted octanol–water partition coefficient (Wildman–Crippen LogP) is -8.05. The molecule has 0 aromatic rings. The van der Waals surface area contributed by atoms with E-state index in [9.17, 15) is 0 Å². The van der Waals surface area contributed by atoms with E-state index in [0.29, 0.717) is 0 Å². The maximum absolute atomic E-state index is 8.41. The van der Waals surface area contributed by atoms with Gasteiger partial charge in [-0.25, -0.2) is 0 Å². The van der Waals surface area contributed by atoms with Crippen LogP contribution in [-0.4, -0.2) is 27.3 Å². The first-order chi connectivity index (χ1) is 3.46. The summed E-state index contributed by atoms with van der Waals surface area (Å²) in [6, 6.07) is 0. The normalized spacial score (nSPS) is 8.00. The zero-order chi connectivity index (χ0) is 7.15. The van der Waals surface area contributed by atoms with Crippen molar-refractivity contribution >= 4 is 27.3 Å². The Hall–Kier alpha value is 1.26. The van der Waals surface area contributed by atoms with Gasteiger partial charge in [0.2, 0.25) is 0 Å². The Kier molecular flexibility index (Phi) is 22.2. The molecule has 56 valence electrons. The summed E-state index contributed by atoms with van der Waals surface area (Å²) in [5.41, 5.74) is 0. The van der Waals surface area contributed by atoms with Crippen LogP contribution in [-0.2, 0) is 0 Å². The van der Waals surface area contributed by atoms with Crippen molar-refractivity contribution in [2.24, 2.45) is 0 Å². The van der Waals surface area contributed by atoms with Crippen LogP contribution in [0.1, 0.15) is 0 Å². The van der Waals surface area contributed by atoms with Crippen molar-refractivity contribution in [1.29, 1.82) is 0 Å². The Morgan fingerprint density at radius 2 is 0.556 bits per heavy atom. The molecule has 9 heteroatoms. The van der Waals surface area contributed by atoms with Gasteiger partial charge in [-0.3, -0.25) is 0 Å². The molecule has 0 saturated carbocycles. The summed E-state index contributed by atoms with van der Waals surface area (Å²) < 4.78 is 50.4. The summed E-state index contributed by atoms with van der Waals surface area (Å²) in [5, 5.41) is 0. The minimum absolute atomic E-state index is 0. The van der Waals surface area contributed by atoms with Crippen LogP contribution in [0, 0.1) is 21.6 Å². The van der Waals surface area contributed by atoms with E-state index in [1.165, 1.54) is 0 Å². The average Bonchev–Trinajstić information content (AvgIpc) is 1.25. The number of hydrogen-bond donors (Lipinski definition) is 0. The summed E-state index contributed by atoms with van der Waals surface area (Å²) in [5.74, 6) is 0. The first-order valence-electron chi connectivity index (χ1n) is 0.926. The molecule has 0 unspecified atom stereocenters. The van der Waals surface area contributed by atoms with Crippen LogP contribution < -0.4 is 28.0 Å². The zero-order valence-corrected chi connectivity index (χ0v) is 10.9. The van der Waals surface area contributed by atoms with Gasteiger partial charge in [0.1, 0.15) is 0 Å². The monoisotopic (exact) mass is 376 g/mol. The van der Waals surface area contributed by atoms with Crippen LogP contribution in [0.4, 0.5) is 0 Å². The second-order valence-corrected chi connectivity index (χ2v) is 1.13. The van der Waals surface area contributed by atoms with Gasteiger partial charge in [0.15, 0.2) is 0 Å². The Balaban J connectivity index is -0.0000000720. The van der Waals surface area contributed by atoms with Crippen molar-refractivity contribution in [2.45, 2.75) is 0 Å². The van der Waals surface area contributed by atoms with E-state index in [1.807, 2.05) is 0 Å². The zero-order valence-electron chi connectivity index (χ0n) is 3.91. The van der Waals surface area contributed by atoms with Gasteiger partial charge in [-0.2, -0.15) is 0 Å². The molecule has 0 heterocycles. The van der Waals surface area contributed by atoms with E-state index in [2.05, 4.69) is 0 Å². The summed E-state index contributed by atoms with van der Waals surface area (Å²) >= 11 is 0. The van der Waals surface area contributed by atoms with E-state index in [0.717, 1.165) is 0 Å². The summed E-state index contributed by atoms with van der Waals surface area (Å²) in [6.07, 6.45) is 0. The van der Waals surface area contributed by atoms with E-state index in [4.69, 9.17) is 28.0 Å². The SMILES string of the molecule is [O-][Cl+2]([O-])[O-].[O-][Cl+2]([O-])[O-].[PbH2+2]. The van der Waals surface area contributed by atoms with E-state index < -0.39 is 21.6 Å². The van der Waals surface area contributed by atoms with E-state index in [-0.39, 0.29) is 27.3 Å². The van der Waals surface area contributed by atoms with Crippen molar-refractivity contribution in [3.63, 3.8) is 0 Å². The van der Waals surface area contributed by atoms with Gasteiger partial charge >= 0.3 is 27.3 Å². The molecular formula is H2Cl2O6Pb. The van der Waals surface area contributed by atoms with Crippen LogP contribution in [0.5, 0.6) is 0 Å². The Morgan fingerprint density at radius 3 is 0.556 bits per heavy atom. The second kappa shape index (κ2) is 12.0. The third-order valence-electron chi connectivity index (χ3n) is 0. The Labute approximate surface area is 76.7 Å². The molecule has 0 bridgehead atoms. The Bertz CT molecular complexity index is 26.5. The first-order valence-corrected chi connectivity index (χ1v) is 2.78. The van der Waals surface area contributed by atoms with Crippen LogP contribution in [0.25, 0.3) is 0 Å². The van der Waals surface area contributed by atoms with Crippen molar-refractivity contribution in [2.75, 3.05) is 0 Å². The minimum atomic E-state index is -2.85. The molecular weight excluding hydrogens is 374 g/mol. The van der Waals surface area contributed by atoms with E-state index in [1.54, 1.807) is 0 Å². The topological polar surface area (TPSA) is 138 Å². The molecule has 0 amide bonds. The number of halogens is 2. The van der Waals surface area contributed by atoms with E-state index >= 15 is 0 Å². The average molecular weight is 376 g/mol. The van der Waals surface area contributed by atoms with Gasteiger partial charge < -0.3 is 28.0 Å². The molecule has 9 heavy (non-hydrogen) atoms. The van der Waals surface area contributed by atoms with Gasteiger partial charge in [0, 0.05) is 0 Å². The summed E-state index contributed by atoms with van der Waals surface area (Å²) in [7, 11) is -5.70. The predicted molar refractivity (Wildman–Crippen MR) is 8.54 cm³/mol. The van der Waals surface area contributed by atoms with Gasteiger partial charge in [0.05, 0.1) is 21.6 Å². The molecule has 0 rings (SSSR count). The van der Waals surface area contributed by atoms with Crippen molar-refractivity contribution in [3.8, 4) is 0 Å². The summed E-state index contributed by atoms with van der Waals surface area (Å²) in [4.78, 5) is 0. The molecule has 0 aliphatic rings. The Morgan fingerprint density at radius 1 is 0.556 bits per heavy atom. The fourth-order valence-corrected chi connectivity index (χ4v) is 0. The molecule has 0 aromatic carbocycles. The molecule has 0 spiro atoms. The quantitative estimate of drug-likeness (QED) is 0.385. The van der Waals surface area contributed by atoms with Crippen LogP contribution >= 0.6 is 0 Å². The van der Waals surface area contributed by atoms with Crippen molar-refractivity contribution < 1.29 is 49.5 Å². The second-order valence-electron chi connectivity index (χ2n) is 0.378. The third-order valence-corrected chi connectivity index (χ3v) is 0. The molecule has 0 atom stereocenters. The molecule has 0 aromatic heterocycles. The van der Waals surface area contributed by atoms with Gasteiger partial charge in [-0.05, 0) is 0 Å². The third kappa shape index (κ3) is 307. The van der Waals surface area contributed by atoms with Crippen molar-refractivity contribution in [3.05, 3.63) is 0 Å².